The van der Waals surface area contributed by atoms with Crippen molar-refractivity contribution in [1.29, 1.82) is 0 Å². The standard InChI is InChI=1S/C16H10F5NO/c17-8-1-3-10-11-4-2-9(18)6-13(11)14(12(10)5-8)15(23)22-7-16(19,20)21/h1-6,14H,7H2,(H,22,23). The second-order valence-electron chi connectivity index (χ2n) is 5.23. The van der Waals surface area contributed by atoms with Crippen LogP contribution in [0.1, 0.15) is 17.0 Å². The first kappa shape index (κ1) is 15.5. The Kier molecular flexibility index (Phi) is 3.58. The Morgan fingerprint density at radius 3 is 1.87 bits per heavy atom. The molecule has 2 aromatic rings. The molecule has 0 radical (unpaired) electrons. The van der Waals surface area contributed by atoms with Gasteiger partial charge in [-0.1, -0.05) is 12.1 Å². The molecule has 2 aromatic carbocycles. The van der Waals surface area contributed by atoms with Crippen molar-refractivity contribution in [2.24, 2.45) is 0 Å². The molecule has 3 rings (SSSR count). The summed E-state index contributed by atoms with van der Waals surface area (Å²) in [6.07, 6.45) is -4.57. The molecule has 1 aliphatic carbocycles. The predicted octanol–water partition coefficient (Wildman–Crippen LogP) is 3.76. The molecule has 0 saturated carbocycles. The van der Waals surface area contributed by atoms with Gasteiger partial charge in [0.2, 0.25) is 5.91 Å². The third-order valence-corrected chi connectivity index (χ3v) is 3.66. The lowest BCUT2D eigenvalue weighted by molar-refractivity contribution is -0.138. The van der Waals surface area contributed by atoms with E-state index in [4.69, 9.17) is 0 Å². The normalized spacial score (nSPS) is 13.6. The Balaban J connectivity index is 2.04. The number of carbonyl (C=O) groups excluding carboxylic acids is 1. The first-order chi connectivity index (χ1) is 10.8. The van der Waals surface area contributed by atoms with Gasteiger partial charge in [0.1, 0.15) is 18.2 Å². The van der Waals surface area contributed by atoms with E-state index in [-0.39, 0.29) is 11.1 Å². The van der Waals surface area contributed by atoms with Crippen molar-refractivity contribution in [2.45, 2.75) is 12.1 Å². The lowest BCUT2D eigenvalue weighted by atomic mass is 9.96. The largest absolute Gasteiger partial charge is 0.405 e. The average Bonchev–Trinajstić information content (AvgIpc) is 2.76. The van der Waals surface area contributed by atoms with Crippen LogP contribution in [0.4, 0.5) is 22.0 Å². The predicted molar refractivity (Wildman–Crippen MR) is 72.7 cm³/mol. The van der Waals surface area contributed by atoms with Gasteiger partial charge >= 0.3 is 6.18 Å². The Hall–Kier alpha value is -2.44. The van der Waals surface area contributed by atoms with Gasteiger partial charge < -0.3 is 5.32 Å². The second kappa shape index (κ2) is 5.33. The van der Waals surface area contributed by atoms with Crippen LogP contribution in [-0.2, 0) is 4.79 Å². The number of hydrogen-bond donors (Lipinski definition) is 1. The molecule has 0 fully saturated rings. The van der Waals surface area contributed by atoms with E-state index in [1.54, 1.807) is 5.32 Å². The van der Waals surface area contributed by atoms with Gasteiger partial charge in [-0.15, -0.1) is 0 Å². The number of amides is 1. The summed E-state index contributed by atoms with van der Waals surface area (Å²) < 4.78 is 63.8. The molecule has 0 saturated heterocycles. The van der Waals surface area contributed by atoms with Crippen molar-refractivity contribution in [1.82, 2.24) is 5.32 Å². The molecule has 23 heavy (non-hydrogen) atoms. The van der Waals surface area contributed by atoms with Gasteiger partial charge in [0, 0.05) is 0 Å². The van der Waals surface area contributed by atoms with Crippen molar-refractivity contribution in [3.05, 3.63) is 59.2 Å². The van der Waals surface area contributed by atoms with E-state index in [0.29, 0.717) is 11.1 Å². The number of hydrogen-bond acceptors (Lipinski definition) is 1. The van der Waals surface area contributed by atoms with E-state index in [0.717, 1.165) is 12.1 Å². The summed E-state index contributed by atoms with van der Waals surface area (Å²) >= 11 is 0. The number of halogens is 5. The van der Waals surface area contributed by atoms with Crippen LogP contribution in [0, 0.1) is 11.6 Å². The zero-order chi connectivity index (χ0) is 16.8. The second-order valence-corrected chi connectivity index (χ2v) is 5.23. The summed E-state index contributed by atoms with van der Waals surface area (Å²) in [6.45, 7) is -1.50. The fraction of sp³-hybridized carbons (Fsp3) is 0.188. The monoisotopic (exact) mass is 327 g/mol. The summed E-state index contributed by atoms with van der Waals surface area (Å²) in [5, 5.41) is 1.78. The summed E-state index contributed by atoms with van der Waals surface area (Å²) in [5.41, 5.74) is 1.47. The summed E-state index contributed by atoms with van der Waals surface area (Å²) in [4.78, 5) is 12.2. The number of rotatable bonds is 2. The van der Waals surface area contributed by atoms with E-state index in [9.17, 15) is 26.7 Å². The molecule has 7 heteroatoms. The number of benzene rings is 2. The zero-order valence-corrected chi connectivity index (χ0v) is 11.5. The molecular formula is C16H10F5NO. The first-order valence-corrected chi connectivity index (χ1v) is 6.70. The molecule has 0 bridgehead atoms. The smallest absolute Gasteiger partial charge is 0.346 e. The van der Waals surface area contributed by atoms with Crippen LogP contribution in [0.3, 0.4) is 0 Å². The van der Waals surface area contributed by atoms with E-state index in [2.05, 4.69) is 0 Å². The van der Waals surface area contributed by atoms with Gasteiger partial charge in [0.25, 0.3) is 0 Å². The summed E-state index contributed by atoms with van der Waals surface area (Å²) in [5.74, 6) is -3.36. The molecule has 1 aliphatic rings. The van der Waals surface area contributed by atoms with Crippen LogP contribution in [0.2, 0.25) is 0 Å². The zero-order valence-electron chi connectivity index (χ0n) is 11.5. The van der Waals surface area contributed by atoms with Crippen molar-refractivity contribution >= 4 is 5.91 Å². The third kappa shape index (κ3) is 2.91. The quantitative estimate of drug-likeness (QED) is 0.836. The SMILES string of the molecule is O=C(NCC(F)(F)F)C1c2cc(F)ccc2-c2ccc(F)cc21. The topological polar surface area (TPSA) is 29.1 Å². The van der Waals surface area contributed by atoms with Crippen LogP contribution < -0.4 is 5.32 Å². The van der Waals surface area contributed by atoms with Crippen LogP contribution in [0.15, 0.2) is 36.4 Å². The van der Waals surface area contributed by atoms with Crippen LogP contribution >= 0.6 is 0 Å². The molecule has 0 unspecified atom stereocenters. The van der Waals surface area contributed by atoms with Gasteiger partial charge in [0.05, 0.1) is 5.92 Å². The molecule has 0 aliphatic heterocycles. The van der Waals surface area contributed by atoms with E-state index < -0.39 is 36.2 Å². The van der Waals surface area contributed by atoms with Gasteiger partial charge in [-0.05, 0) is 46.5 Å². The highest BCUT2D eigenvalue weighted by atomic mass is 19.4. The number of fused-ring (bicyclic) bond motifs is 3. The highest BCUT2D eigenvalue weighted by Crippen LogP contribution is 2.45. The minimum absolute atomic E-state index is 0.227. The number of carbonyl (C=O) groups is 1. The minimum Gasteiger partial charge on any atom is -0.346 e. The van der Waals surface area contributed by atoms with Gasteiger partial charge in [-0.25, -0.2) is 8.78 Å². The van der Waals surface area contributed by atoms with Crippen molar-refractivity contribution in [2.75, 3.05) is 6.54 Å². The Labute approximate surface area is 127 Å². The van der Waals surface area contributed by atoms with Crippen molar-refractivity contribution < 1.29 is 26.7 Å². The highest BCUT2D eigenvalue weighted by Gasteiger charge is 2.36. The van der Waals surface area contributed by atoms with Crippen LogP contribution in [0.25, 0.3) is 11.1 Å². The molecular weight excluding hydrogens is 317 g/mol. The Morgan fingerprint density at radius 2 is 1.43 bits per heavy atom. The molecule has 0 atom stereocenters. The lowest BCUT2D eigenvalue weighted by Crippen LogP contribution is -2.36. The maximum atomic E-state index is 13.5. The molecule has 120 valence electrons. The summed E-state index contributed by atoms with van der Waals surface area (Å²) in [6, 6.07) is 7.40. The molecule has 1 amide bonds. The maximum Gasteiger partial charge on any atom is 0.405 e. The van der Waals surface area contributed by atoms with Crippen LogP contribution in [0.5, 0.6) is 0 Å². The van der Waals surface area contributed by atoms with Gasteiger partial charge in [-0.3, -0.25) is 4.79 Å². The minimum atomic E-state index is -4.57. The Bertz CT molecular complexity index is 733. The summed E-state index contributed by atoms with van der Waals surface area (Å²) in [7, 11) is 0. The fourth-order valence-corrected chi connectivity index (χ4v) is 2.77. The van der Waals surface area contributed by atoms with Crippen molar-refractivity contribution in [3.8, 4) is 11.1 Å². The van der Waals surface area contributed by atoms with E-state index >= 15 is 0 Å². The molecule has 0 spiro atoms. The number of alkyl halides is 3. The maximum absolute atomic E-state index is 13.5. The highest BCUT2D eigenvalue weighted by molar-refractivity contribution is 5.96. The van der Waals surface area contributed by atoms with Gasteiger partial charge in [-0.2, -0.15) is 13.2 Å². The van der Waals surface area contributed by atoms with E-state index in [1.165, 1.54) is 24.3 Å². The van der Waals surface area contributed by atoms with Gasteiger partial charge in [0.15, 0.2) is 0 Å². The first-order valence-electron chi connectivity index (χ1n) is 6.70. The molecule has 0 heterocycles. The number of nitrogens with one attached hydrogen (secondary N) is 1. The third-order valence-electron chi connectivity index (χ3n) is 3.66. The average molecular weight is 327 g/mol. The molecule has 2 nitrogen and oxygen atoms in total. The van der Waals surface area contributed by atoms with Crippen LogP contribution in [-0.4, -0.2) is 18.6 Å². The van der Waals surface area contributed by atoms with E-state index in [1.807, 2.05) is 0 Å². The molecule has 1 N–H and O–H groups in total. The Morgan fingerprint density at radius 1 is 0.957 bits per heavy atom. The molecule has 0 aromatic heterocycles. The van der Waals surface area contributed by atoms with Crippen molar-refractivity contribution in [3.63, 3.8) is 0 Å². The fourth-order valence-electron chi connectivity index (χ4n) is 2.77. The lowest BCUT2D eigenvalue weighted by Gasteiger charge is -2.15.